The number of hydrogen-bond acceptors (Lipinski definition) is 6. The standard InChI is InChI=1S/C18H18N6O2/c1-12-7-17(25)18(26)16(23(12)2)10-20-9-14-11-24(22-21-14)15-5-3-13(8-19)4-6-15/h3-7,11,20,26H,9-10H2,1-2H3. The summed E-state index contributed by atoms with van der Waals surface area (Å²) in [6.07, 6.45) is 1.78. The molecule has 0 amide bonds. The van der Waals surface area contributed by atoms with E-state index in [4.69, 9.17) is 5.26 Å². The summed E-state index contributed by atoms with van der Waals surface area (Å²) in [5.74, 6) is -0.244. The Hall–Kier alpha value is -3.44. The molecule has 2 heterocycles. The molecule has 0 saturated heterocycles. The maximum absolute atomic E-state index is 11.7. The van der Waals surface area contributed by atoms with Crippen LogP contribution in [0.5, 0.6) is 5.75 Å². The van der Waals surface area contributed by atoms with Gasteiger partial charge in [-0.1, -0.05) is 5.21 Å². The van der Waals surface area contributed by atoms with Crippen LogP contribution in [0.2, 0.25) is 0 Å². The van der Waals surface area contributed by atoms with E-state index in [0.717, 1.165) is 11.4 Å². The Kier molecular flexibility index (Phi) is 4.82. The fraction of sp³-hybridized carbons (Fsp3) is 0.222. The number of nitriles is 1. The molecular weight excluding hydrogens is 332 g/mol. The monoisotopic (exact) mass is 350 g/mol. The van der Waals surface area contributed by atoms with Crippen molar-refractivity contribution in [3.8, 4) is 17.5 Å². The van der Waals surface area contributed by atoms with Crippen molar-refractivity contribution < 1.29 is 5.11 Å². The molecule has 0 aliphatic carbocycles. The van der Waals surface area contributed by atoms with E-state index in [1.54, 1.807) is 46.8 Å². The second kappa shape index (κ2) is 7.21. The summed E-state index contributed by atoms with van der Waals surface area (Å²) < 4.78 is 3.40. The lowest BCUT2D eigenvalue weighted by Gasteiger charge is -2.13. The van der Waals surface area contributed by atoms with Crippen LogP contribution in [0.25, 0.3) is 5.69 Å². The number of pyridine rings is 1. The van der Waals surface area contributed by atoms with Crippen LogP contribution in [0.15, 0.2) is 41.3 Å². The molecule has 1 aromatic carbocycles. The smallest absolute Gasteiger partial charge is 0.223 e. The molecule has 0 saturated carbocycles. The van der Waals surface area contributed by atoms with Crippen LogP contribution in [-0.2, 0) is 20.1 Å². The summed E-state index contributed by atoms with van der Waals surface area (Å²) in [5, 5.41) is 30.1. The second-order valence-corrected chi connectivity index (χ2v) is 5.92. The molecule has 8 heteroatoms. The zero-order valence-corrected chi connectivity index (χ0v) is 14.5. The maximum atomic E-state index is 11.7. The van der Waals surface area contributed by atoms with Gasteiger partial charge in [0.2, 0.25) is 5.43 Å². The van der Waals surface area contributed by atoms with E-state index in [-0.39, 0.29) is 11.2 Å². The van der Waals surface area contributed by atoms with Gasteiger partial charge in [-0.25, -0.2) is 4.68 Å². The maximum Gasteiger partial charge on any atom is 0.223 e. The number of nitrogens with one attached hydrogen (secondary N) is 1. The molecule has 3 rings (SSSR count). The summed E-state index contributed by atoms with van der Waals surface area (Å²) in [7, 11) is 1.80. The highest BCUT2D eigenvalue weighted by atomic mass is 16.3. The van der Waals surface area contributed by atoms with Crippen molar-refractivity contribution in [2.24, 2.45) is 7.05 Å². The number of hydrogen-bond donors (Lipinski definition) is 2. The van der Waals surface area contributed by atoms with Gasteiger partial charge in [0, 0.05) is 31.9 Å². The molecular formula is C18H18N6O2. The third-order valence-corrected chi connectivity index (χ3v) is 4.18. The van der Waals surface area contributed by atoms with Gasteiger partial charge in [0.15, 0.2) is 5.75 Å². The molecule has 0 spiro atoms. The van der Waals surface area contributed by atoms with Gasteiger partial charge in [0.05, 0.1) is 34.9 Å². The number of nitrogens with zero attached hydrogens (tertiary/aromatic N) is 5. The van der Waals surface area contributed by atoms with Crippen molar-refractivity contribution in [2.75, 3.05) is 0 Å². The lowest BCUT2D eigenvalue weighted by molar-refractivity contribution is 0.445. The van der Waals surface area contributed by atoms with Gasteiger partial charge in [0.25, 0.3) is 0 Å². The van der Waals surface area contributed by atoms with E-state index in [0.29, 0.717) is 30.0 Å². The number of rotatable bonds is 5. The van der Waals surface area contributed by atoms with Crippen molar-refractivity contribution in [3.63, 3.8) is 0 Å². The molecule has 3 aromatic rings. The highest BCUT2D eigenvalue weighted by Crippen LogP contribution is 2.13. The summed E-state index contributed by atoms with van der Waals surface area (Å²) in [6.45, 7) is 2.56. The van der Waals surface area contributed by atoms with Crippen molar-refractivity contribution in [2.45, 2.75) is 20.0 Å². The molecule has 2 aromatic heterocycles. The van der Waals surface area contributed by atoms with Gasteiger partial charge in [-0.2, -0.15) is 5.26 Å². The van der Waals surface area contributed by atoms with Crippen molar-refractivity contribution in [3.05, 3.63) is 69.4 Å². The van der Waals surface area contributed by atoms with Crippen LogP contribution in [0.3, 0.4) is 0 Å². The van der Waals surface area contributed by atoms with E-state index in [1.807, 2.05) is 6.92 Å². The summed E-state index contributed by atoms with van der Waals surface area (Å²) >= 11 is 0. The number of benzene rings is 1. The van der Waals surface area contributed by atoms with Crippen LogP contribution in [0.4, 0.5) is 0 Å². The summed E-state index contributed by atoms with van der Waals surface area (Å²) in [6, 6.07) is 10.5. The molecule has 8 nitrogen and oxygen atoms in total. The highest BCUT2D eigenvalue weighted by molar-refractivity contribution is 5.38. The molecule has 0 aliphatic heterocycles. The molecule has 0 bridgehead atoms. The quantitative estimate of drug-likeness (QED) is 0.714. The minimum atomic E-state index is -0.385. The third kappa shape index (κ3) is 3.48. The topological polar surface area (TPSA) is 109 Å². The van der Waals surface area contributed by atoms with Gasteiger partial charge in [0.1, 0.15) is 0 Å². The van der Waals surface area contributed by atoms with Crippen LogP contribution >= 0.6 is 0 Å². The SMILES string of the molecule is Cc1cc(=O)c(O)c(CNCc2cn(-c3ccc(C#N)cc3)nn2)n1C. The van der Waals surface area contributed by atoms with E-state index in [2.05, 4.69) is 21.7 Å². The third-order valence-electron chi connectivity index (χ3n) is 4.18. The number of aromatic hydroxyl groups is 1. The normalized spacial score (nSPS) is 10.7. The van der Waals surface area contributed by atoms with Gasteiger partial charge in [-0.15, -0.1) is 5.10 Å². The second-order valence-electron chi connectivity index (χ2n) is 5.92. The molecule has 26 heavy (non-hydrogen) atoms. The van der Waals surface area contributed by atoms with Crippen molar-refractivity contribution in [1.29, 1.82) is 5.26 Å². The lowest BCUT2D eigenvalue weighted by Crippen LogP contribution is -2.20. The first-order valence-electron chi connectivity index (χ1n) is 8.00. The Labute approximate surface area is 149 Å². The van der Waals surface area contributed by atoms with Crippen molar-refractivity contribution >= 4 is 0 Å². The predicted octanol–water partition coefficient (Wildman–Crippen LogP) is 1.14. The largest absolute Gasteiger partial charge is 0.503 e. The fourth-order valence-corrected chi connectivity index (χ4v) is 2.57. The first-order valence-corrected chi connectivity index (χ1v) is 8.00. The Morgan fingerprint density at radius 2 is 2.00 bits per heavy atom. The molecule has 0 atom stereocenters. The summed E-state index contributed by atoms with van der Waals surface area (Å²) in [5.41, 5.74) is 3.02. The number of aryl methyl sites for hydroxylation is 1. The van der Waals surface area contributed by atoms with Crippen molar-refractivity contribution in [1.82, 2.24) is 24.9 Å². The fourth-order valence-electron chi connectivity index (χ4n) is 2.57. The van der Waals surface area contributed by atoms with E-state index in [9.17, 15) is 9.90 Å². The minimum Gasteiger partial charge on any atom is -0.503 e. The van der Waals surface area contributed by atoms with Crippen LogP contribution in [-0.4, -0.2) is 24.7 Å². The Bertz CT molecular complexity index is 1030. The van der Waals surface area contributed by atoms with Gasteiger partial charge < -0.3 is 15.0 Å². The van der Waals surface area contributed by atoms with Crippen LogP contribution in [0.1, 0.15) is 22.6 Å². The van der Waals surface area contributed by atoms with Crippen LogP contribution in [0, 0.1) is 18.3 Å². The van der Waals surface area contributed by atoms with E-state index in [1.165, 1.54) is 6.07 Å². The molecule has 0 fully saturated rings. The Balaban J connectivity index is 1.68. The molecule has 0 unspecified atom stereocenters. The first kappa shape index (κ1) is 17.4. The van der Waals surface area contributed by atoms with Gasteiger partial charge >= 0.3 is 0 Å². The average Bonchev–Trinajstić information content (AvgIpc) is 3.12. The lowest BCUT2D eigenvalue weighted by atomic mass is 10.2. The Morgan fingerprint density at radius 3 is 2.69 bits per heavy atom. The molecule has 132 valence electrons. The minimum absolute atomic E-state index is 0.244. The first-order chi connectivity index (χ1) is 12.5. The predicted molar refractivity (Wildman–Crippen MR) is 94.7 cm³/mol. The molecule has 0 aliphatic rings. The molecule has 2 N–H and O–H groups in total. The van der Waals surface area contributed by atoms with Crippen LogP contribution < -0.4 is 10.7 Å². The Morgan fingerprint density at radius 1 is 1.27 bits per heavy atom. The average molecular weight is 350 g/mol. The summed E-state index contributed by atoms with van der Waals surface area (Å²) in [4.78, 5) is 11.7. The van der Waals surface area contributed by atoms with Gasteiger partial charge in [-0.3, -0.25) is 4.79 Å². The van der Waals surface area contributed by atoms with E-state index >= 15 is 0 Å². The molecule has 0 radical (unpaired) electrons. The number of aromatic nitrogens is 4. The zero-order valence-electron chi connectivity index (χ0n) is 14.5. The zero-order chi connectivity index (χ0) is 18.7. The van der Waals surface area contributed by atoms with E-state index < -0.39 is 0 Å². The highest BCUT2D eigenvalue weighted by Gasteiger charge is 2.11. The van der Waals surface area contributed by atoms with Gasteiger partial charge in [-0.05, 0) is 31.2 Å².